The molecule has 0 bridgehead atoms. The molecule has 0 aliphatic rings. The van der Waals surface area contributed by atoms with E-state index < -0.39 is 0 Å². The summed E-state index contributed by atoms with van der Waals surface area (Å²) in [4.78, 5) is 11.0. The fraction of sp³-hybridized carbons (Fsp3) is 0.900. The fourth-order valence-corrected chi connectivity index (χ4v) is 0.848. The molecule has 0 rings (SSSR count). The summed E-state index contributed by atoms with van der Waals surface area (Å²) in [5.74, 6) is 0.388. The molecule has 0 aliphatic carbocycles. The Hall–Kier alpha value is -0.770. The third-order valence-corrected chi connectivity index (χ3v) is 1.55. The van der Waals surface area contributed by atoms with Gasteiger partial charge in [0.05, 0.1) is 6.61 Å². The molecule has 0 aromatic rings. The van der Waals surface area contributed by atoms with Crippen molar-refractivity contribution in [3.63, 3.8) is 0 Å². The number of rotatable bonds is 7. The molecule has 14 heavy (non-hydrogen) atoms. The minimum absolute atomic E-state index is 0.322. The van der Waals surface area contributed by atoms with Crippen LogP contribution in [0.2, 0.25) is 0 Å². The van der Waals surface area contributed by atoms with Crippen LogP contribution in [0.4, 0.5) is 4.79 Å². The van der Waals surface area contributed by atoms with Gasteiger partial charge in [-0.25, -0.2) is 4.79 Å². The first-order valence-corrected chi connectivity index (χ1v) is 5.28. The van der Waals surface area contributed by atoms with E-state index in [0.717, 1.165) is 19.5 Å². The van der Waals surface area contributed by atoms with Crippen LogP contribution >= 0.6 is 0 Å². The van der Waals surface area contributed by atoms with Gasteiger partial charge in [0.15, 0.2) is 0 Å². The number of hydrogen-bond donors (Lipinski definition) is 2. The quantitative estimate of drug-likeness (QED) is 0.613. The molecule has 0 aromatic carbocycles. The van der Waals surface area contributed by atoms with Gasteiger partial charge in [0.2, 0.25) is 0 Å². The third-order valence-electron chi connectivity index (χ3n) is 1.55. The fourth-order valence-electron chi connectivity index (χ4n) is 0.848. The average Bonchev–Trinajstić information content (AvgIpc) is 2.14. The van der Waals surface area contributed by atoms with Crippen molar-refractivity contribution < 1.29 is 9.53 Å². The summed E-state index contributed by atoms with van der Waals surface area (Å²) in [5.41, 5.74) is 0. The van der Waals surface area contributed by atoms with E-state index in [0.29, 0.717) is 19.1 Å². The molecular formula is C10H22N2O2. The number of carbonyl (C=O) groups is 1. The second kappa shape index (κ2) is 8.81. The van der Waals surface area contributed by atoms with Crippen LogP contribution in [-0.4, -0.2) is 32.3 Å². The predicted octanol–water partition coefficient (Wildman–Crippen LogP) is 1.37. The second-order valence-electron chi connectivity index (χ2n) is 3.67. The summed E-state index contributed by atoms with van der Waals surface area (Å²) in [5, 5.41) is 5.86. The zero-order chi connectivity index (χ0) is 10.8. The minimum atomic E-state index is -0.322. The van der Waals surface area contributed by atoms with E-state index in [-0.39, 0.29) is 6.09 Å². The van der Waals surface area contributed by atoms with Crippen molar-refractivity contribution in [1.82, 2.24) is 10.6 Å². The maximum absolute atomic E-state index is 11.0. The lowest BCUT2D eigenvalue weighted by atomic mass is 10.2. The summed E-state index contributed by atoms with van der Waals surface area (Å²) in [6, 6.07) is 0. The van der Waals surface area contributed by atoms with Crippen molar-refractivity contribution in [1.29, 1.82) is 0 Å². The number of ether oxygens (including phenoxy) is 1. The first kappa shape index (κ1) is 13.2. The van der Waals surface area contributed by atoms with E-state index in [4.69, 9.17) is 4.74 Å². The molecule has 1 amide bonds. The van der Waals surface area contributed by atoms with Gasteiger partial charge in [-0.3, -0.25) is 0 Å². The molecule has 0 unspecified atom stereocenters. The van der Waals surface area contributed by atoms with Gasteiger partial charge in [0.1, 0.15) is 0 Å². The molecule has 0 saturated carbocycles. The largest absolute Gasteiger partial charge is 0.449 e. The van der Waals surface area contributed by atoms with Crippen molar-refractivity contribution in [2.45, 2.75) is 27.2 Å². The maximum Gasteiger partial charge on any atom is 0.407 e. The lowest BCUT2D eigenvalue weighted by molar-refractivity contribution is 0.133. The van der Waals surface area contributed by atoms with Crippen LogP contribution in [0.5, 0.6) is 0 Å². The highest BCUT2D eigenvalue weighted by Crippen LogP contribution is 1.91. The van der Waals surface area contributed by atoms with Crippen molar-refractivity contribution in [3.05, 3.63) is 0 Å². The predicted molar refractivity (Wildman–Crippen MR) is 57.3 cm³/mol. The van der Waals surface area contributed by atoms with Crippen molar-refractivity contribution in [2.75, 3.05) is 26.2 Å². The molecule has 0 saturated heterocycles. The van der Waals surface area contributed by atoms with Crippen LogP contribution in [0.1, 0.15) is 27.2 Å². The summed E-state index contributed by atoms with van der Waals surface area (Å²) < 4.78 is 4.93. The molecular weight excluding hydrogens is 180 g/mol. The van der Waals surface area contributed by atoms with E-state index in [1.54, 1.807) is 0 Å². The Morgan fingerprint density at radius 1 is 1.29 bits per heavy atom. The monoisotopic (exact) mass is 202 g/mol. The molecule has 0 radical (unpaired) electrons. The second-order valence-corrected chi connectivity index (χ2v) is 3.67. The number of hydrogen-bond acceptors (Lipinski definition) is 3. The zero-order valence-corrected chi connectivity index (χ0v) is 9.43. The number of amides is 1. The lowest BCUT2D eigenvalue weighted by Crippen LogP contribution is -2.33. The van der Waals surface area contributed by atoms with Crippen LogP contribution in [0.25, 0.3) is 0 Å². The van der Waals surface area contributed by atoms with Gasteiger partial charge in [0.25, 0.3) is 0 Å². The molecule has 0 fully saturated rings. The molecule has 0 atom stereocenters. The Bertz CT molecular complexity index is 149. The van der Waals surface area contributed by atoms with Crippen LogP contribution < -0.4 is 10.6 Å². The van der Waals surface area contributed by atoms with Gasteiger partial charge >= 0.3 is 6.09 Å². The van der Waals surface area contributed by atoms with E-state index in [2.05, 4.69) is 17.6 Å². The average molecular weight is 202 g/mol. The minimum Gasteiger partial charge on any atom is -0.449 e. The Balaban J connectivity index is 3.18. The zero-order valence-electron chi connectivity index (χ0n) is 9.43. The van der Waals surface area contributed by atoms with Gasteiger partial charge in [0, 0.05) is 13.1 Å². The maximum atomic E-state index is 11.0. The Morgan fingerprint density at radius 3 is 2.57 bits per heavy atom. The SMILES string of the molecule is CCCNCCNC(=O)OCC(C)C. The molecule has 4 nitrogen and oxygen atoms in total. The molecule has 4 heteroatoms. The highest BCUT2D eigenvalue weighted by molar-refractivity contribution is 5.67. The van der Waals surface area contributed by atoms with E-state index in [9.17, 15) is 4.79 Å². The van der Waals surface area contributed by atoms with Gasteiger partial charge < -0.3 is 15.4 Å². The third kappa shape index (κ3) is 9.32. The topological polar surface area (TPSA) is 50.4 Å². The smallest absolute Gasteiger partial charge is 0.407 e. The van der Waals surface area contributed by atoms with Crippen LogP contribution in [0.15, 0.2) is 0 Å². The number of alkyl carbamates (subject to hydrolysis) is 1. The standard InChI is InChI=1S/C10H22N2O2/c1-4-5-11-6-7-12-10(13)14-8-9(2)3/h9,11H,4-8H2,1-3H3,(H,12,13). The van der Waals surface area contributed by atoms with Crippen molar-refractivity contribution in [3.8, 4) is 0 Å². The highest BCUT2D eigenvalue weighted by Gasteiger charge is 2.01. The number of nitrogens with one attached hydrogen (secondary N) is 2. The van der Waals surface area contributed by atoms with Gasteiger partial charge in [-0.05, 0) is 18.9 Å². The van der Waals surface area contributed by atoms with Crippen molar-refractivity contribution in [2.24, 2.45) is 5.92 Å². The van der Waals surface area contributed by atoms with E-state index >= 15 is 0 Å². The summed E-state index contributed by atoms with van der Waals surface area (Å²) in [7, 11) is 0. The Labute approximate surface area is 86.4 Å². The van der Waals surface area contributed by atoms with Crippen LogP contribution in [0, 0.1) is 5.92 Å². The Kier molecular flexibility index (Phi) is 8.33. The molecule has 2 N–H and O–H groups in total. The van der Waals surface area contributed by atoms with E-state index in [1.165, 1.54) is 0 Å². The van der Waals surface area contributed by atoms with Gasteiger partial charge in [-0.15, -0.1) is 0 Å². The van der Waals surface area contributed by atoms with Gasteiger partial charge in [-0.2, -0.15) is 0 Å². The molecule has 0 heterocycles. The highest BCUT2D eigenvalue weighted by atomic mass is 16.5. The first-order chi connectivity index (χ1) is 6.66. The summed E-state index contributed by atoms with van der Waals surface area (Å²) in [6.45, 7) is 9.02. The molecule has 84 valence electrons. The molecule has 0 aromatic heterocycles. The summed E-state index contributed by atoms with van der Waals surface area (Å²) in [6.07, 6.45) is 0.787. The first-order valence-electron chi connectivity index (χ1n) is 5.28. The normalized spacial score (nSPS) is 10.3. The number of carbonyl (C=O) groups excluding carboxylic acids is 1. The lowest BCUT2D eigenvalue weighted by Gasteiger charge is -2.08. The molecule has 0 aliphatic heterocycles. The van der Waals surface area contributed by atoms with Crippen LogP contribution in [0.3, 0.4) is 0 Å². The summed E-state index contributed by atoms with van der Waals surface area (Å²) >= 11 is 0. The van der Waals surface area contributed by atoms with Crippen LogP contribution in [-0.2, 0) is 4.74 Å². The van der Waals surface area contributed by atoms with Crippen molar-refractivity contribution >= 4 is 6.09 Å². The van der Waals surface area contributed by atoms with Gasteiger partial charge in [-0.1, -0.05) is 20.8 Å². The Morgan fingerprint density at radius 2 is 2.00 bits per heavy atom. The van der Waals surface area contributed by atoms with E-state index in [1.807, 2.05) is 13.8 Å². The molecule has 0 spiro atoms.